The fraction of sp³-hybridized carbons (Fsp3) is 0.357. The minimum atomic E-state index is -4.42. The quantitative estimate of drug-likeness (QED) is 0.912. The number of nitrogens with one attached hydrogen (secondary N) is 1. The van der Waals surface area contributed by atoms with Gasteiger partial charge in [0.05, 0.1) is 12.8 Å². The van der Waals surface area contributed by atoms with Gasteiger partial charge in [-0.15, -0.1) is 12.4 Å². The number of alkyl halides is 3. The van der Waals surface area contributed by atoms with Gasteiger partial charge < -0.3 is 10.1 Å². The van der Waals surface area contributed by atoms with E-state index in [1.54, 1.807) is 7.11 Å². The molecule has 2 aromatic rings. The van der Waals surface area contributed by atoms with Gasteiger partial charge in [0.2, 0.25) is 0 Å². The number of benzene rings is 1. The molecule has 2 rings (SSSR count). The summed E-state index contributed by atoms with van der Waals surface area (Å²) in [4.78, 5) is 0. The van der Waals surface area contributed by atoms with Gasteiger partial charge in [0.1, 0.15) is 5.75 Å². The fourth-order valence-electron chi connectivity index (χ4n) is 1.98. The average molecular weight is 336 g/mol. The molecule has 1 aromatic carbocycles. The molecule has 0 unspecified atom stereocenters. The zero-order valence-electron chi connectivity index (χ0n) is 12.1. The van der Waals surface area contributed by atoms with Crippen molar-refractivity contribution in [3.05, 3.63) is 47.3 Å². The van der Waals surface area contributed by atoms with Crippen LogP contribution in [0.1, 0.15) is 17.0 Å². The maximum Gasteiger partial charge on any atom is 0.435 e. The first kappa shape index (κ1) is 18.3. The Balaban J connectivity index is 0.00000242. The van der Waals surface area contributed by atoms with Gasteiger partial charge in [0, 0.05) is 25.7 Å². The third-order valence-corrected chi connectivity index (χ3v) is 3.08. The maximum absolute atomic E-state index is 12.6. The number of hydrogen-bond acceptors (Lipinski definition) is 3. The second kappa shape index (κ2) is 7.51. The molecule has 1 heterocycles. The molecular weight excluding hydrogens is 319 g/mol. The standard InChI is InChI=1S/C14H16F3N3O.ClH/c1-20-11(7-13(19-20)14(15,16)17)9-18-8-10-5-3-4-6-12(10)21-2;/h3-7,18H,8-9H2,1-2H3;1H. The molecule has 0 saturated carbocycles. The number of methoxy groups -OCH3 is 1. The molecular formula is C14H17ClF3N3O. The van der Waals surface area contributed by atoms with Crippen LogP contribution < -0.4 is 10.1 Å². The minimum Gasteiger partial charge on any atom is -0.496 e. The van der Waals surface area contributed by atoms with E-state index in [4.69, 9.17) is 4.74 Å². The molecule has 0 fully saturated rings. The number of ether oxygens (including phenoxy) is 1. The molecule has 0 bridgehead atoms. The molecule has 8 heteroatoms. The van der Waals surface area contributed by atoms with Crippen molar-refractivity contribution >= 4 is 12.4 Å². The number of aryl methyl sites for hydroxylation is 1. The second-order valence-corrected chi connectivity index (χ2v) is 4.56. The Morgan fingerprint density at radius 1 is 1.23 bits per heavy atom. The molecule has 4 nitrogen and oxygen atoms in total. The predicted molar refractivity (Wildman–Crippen MR) is 79.0 cm³/mol. The molecule has 0 spiro atoms. The van der Waals surface area contributed by atoms with E-state index in [1.165, 1.54) is 11.7 Å². The summed E-state index contributed by atoms with van der Waals surface area (Å²) < 4.78 is 44.1. The molecule has 1 N–H and O–H groups in total. The Hall–Kier alpha value is -1.73. The van der Waals surface area contributed by atoms with Crippen LogP contribution in [0.5, 0.6) is 5.75 Å². The second-order valence-electron chi connectivity index (χ2n) is 4.56. The van der Waals surface area contributed by atoms with E-state index in [2.05, 4.69) is 10.4 Å². The van der Waals surface area contributed by atoms with Crippen molar-refractivity contribution in [2.75, 3.05) is 7.11 Å². The number of nitrogens with zero attached hydrogens (tertiary/aromatic N) is 2. The van der Waals surface area contributed by atoms with Crippen molar-refractivity contribution in [2.24, 2.45) is 7.05 Å². The smallest absolute Gasteiger partial charge is 0.435 e. The topological polar surface area (TPSA) is 39.1 Å². The van der Waals surface area contributed by atoms with Crippen molar-refractivity contribution in [1.29, 1.82) is 0 Å². The summed E-state index contributed by atoms with van der Waals surface area (Å²) in [5.41, 5.74) is 0.537. The highest BCUT2D eigenvalue weighted by Crippen LogP contribution is 2.28. The number of hydrogen-bond donors (Lipinski definition) is 1. The lowest BCUT2D eigenvalue weighted by atomic mass is 10.2. The first-order valence-electron chi connectivity index (χ1n) is 6.34. The first-order valence-corrected chi connectivity index (χ1v) is 6.34. The Morgan fingerprint density at radius 2 is 1.91 bits per heavy atom. The molecule has 0 aliphatic carbocycles. The largest absolute Gasteiger partial charge is 0.496 e. The van der Waals surface area contributed by atoms with E-state index in [9.17, 15) is 13.2 Å². The van der Waals surface area contributed by atoms with Crippen LogP contribution in [0.4, 0.5) is 13.2 Å². The molecule has 122 valence electrons. The molecule has 0 aliphatic rings. The molecule has 0 amide bonds. The van der Waals surface area contributed by atoms with Gasteiger partial charge in [-0.3, -0.25) is 4.68 Å². The normalized spacial score (nSPS) is 11.1. The molecule has 0 aliphatic heterocycles. The van der Waals surface area contributed by atoms with Crippen LogP contribution in [0.15, 0.2) is 30.3 Å². The van der Waals surface area contributed by atoms with Crippen LogP contribution in [-0.4, -0.2) is 16.9 Å². The third-order valence-electron chi connectivity index (χ3n) is 3.08. The monoisotopic (exact) mass is 335 g/mol. The Kier molecular flexibility index (Phi) is 6.25. The van der Waals surface area contributed by atoms with Gasteiger partial charge in [-0.1, -0.05) is 18.2 Å². The van der Waals surface area contributed by atoms with Crippen molar-refractivity contribution in [1.82, 2.24) is 15.1 Å². The Bertz CT molecular complexity index is 614. The summed E-state index contributed by atoms with van der Waals surface area (Å²) in [6.07, 6.45) is -4.42. The van der Waals surface area contributed by atoms with Crippen molar-refractivity contribution in [2.45, 2.75) is 19.3 Å². The molecule has 0 atom stereocenters. The highest BCUT2D eigenvalue weighted by Gasteiger charge is 2.34. The number of aromatic nitrogens is 2. The molecule has 0 radical (unpaired) electrons. The van der Waals surface area contributed by atoms with Crippen molar-refractivity contribution < 1.29 is 17.9 Å². The van der Waals surface area contributed by atoms with Crippen LogP contribution in [0.25, 0.3) is 0 Å². The van der Waals surface area contributed by atoms with E-state index in [1.807, 2.05) is 24.3 Å². The van der Waals surface area contributed by atoms with Crippen LogP contribution in [0.3, 0.4) is 0 Å². The summed E-state index contributed by atoms with van der Waals surface area (Å²) in [7, 11) is 3.07. The lowest BCUT2D eigenvalue weighted by Gasteiger charge is -2.09. The highest BCUT2D eigenvalue weighted by molar-refractivity contribution is 5.85. The zero-order chi connectivity index (χ0) is 15.5. The van der Waals surface area contributed by atoms with Crippen molar-refractivity contribution in [3.63, 3.8) is 0 Å². The van der Waals surface area contributed by atoms with E-state index in [-0.39, 0.29) is 19.0 Å². The highest BCUT2D eigenvalue weighted by atomic mass is 35.5. The van der Waals surface area contributed by atoms with Crippen LogP contribution >= 0.6 is 12.4 Å². The van der Waals surface area contributed by atoms with Gasteiger partial charge in [0.15, 0.2) is 5.69 Å². The molecule has 0 saturated heterocycles. The summed E-state index contributed by atoms with van der Waals surface area (Å²) in [6, 6.07) is 8.53. The van der Waals surface area contributed by atoms with Crippen LogP contribution in [-0.2, 0) is 26.3 Å². The number of para-hydroxylation sites is 1. The fourth-order valence-corrected chi connectivity index (χ4v) is 1.98. The average Bonchev–Trinajstić information content (AvgIpc) is 2.81. The lowest BCUT2D eigenvalue weighted by molar-refractivity contribution is -0.141. The first-order chi connectivity index (χ1) is 9.91. The van der Waals surface area contributed by atoms with E-state index in [0.29, 0.717) is 12.2 Å². The van der Waals surface area contributed by atoms with Crippen LogP contribution in [0, 0.1) is 0 Å². The maximum atomic E-state index is 12.6. The summed E-state index contributed by atoms with van der Waals surface area (Å²) in [5, 5.41) is 6.56. The van der Waals surface area contributed by atoms with Gasteiger partial charge in [-0.05, 0) is 12.1 Å². The molecule has 1 aromatic heterocycles. The lowest BCUT2D eigenvalue weighted by Crippen LogP contribution is -2.15. The van der Waals surface area contributed by atoms with E-state index < -0.39 is 11.9 Å². The summed E-state index contributed by atoms with van der Waals surface area (Å²) >= 11 is 0. The number of rotatable bonds is 5. The van der Waals surface area contributed by atoms with E-state index in [0.717, 1.165) is 17.4 Å². The minimum absolute atomic E-state index is 0. The Labute approximate surface area is 132 Å². The third kappa shape index (κ3) is 4.38. The number of halogens is 4. The van der Waals surface area contributed by atoms with Gasteiger partial charge in [0.25, 0.3) is 0 Å². The van der Waals surface area contributed by atoms with Crippen LogP contribution in [0.2, 0.25) is 0 Å². The summed E-state index contributed by atoms with van der Waals surface area (Å²) in [5.74, 6) is 0.742. The SMILES string of the molecule is COc1ccccc1CNCc1cc(C(F)(F)F)nn1C.Cl. The predicted octanol–water partition coefficient (Wildman–Crippen LogP) is 3.16. The van der Waals surface area contributed by atoms with Gasteiger partial charge >= 0.3 is 6.18 Å². The van der Waals surface area contributed by atoms with Gasteiger partial charge in [-0.25, -0.2) is 0 Å². The zero-order valence-corrected chi connectivity index (χ0v) is 13.0. The summed E-state index contributed by atoms with van der Waals surface area (Å²) in [6.45, 7) is 0.786. The van der Waals surface area contributed by atoms with Crippen molar-refractivity contribution in [3.8, 4) is 5.75 Å². The Morgan fingerprint density at radius 3 is 2.50 bits per heavy atom. The van der Waals surface area contributed by atoms with Gasteiger partial charge in [-0.2, -0.15) is 18.3 Å². The van der Waals surface area contributed by atoms with E-state index >= 15 is 0 Å². The molecule has 22 heavy (non-hydrogen) atoms.